The highest BCUT2D eigenvalue weighted by atomic mass is 16.6. The maximum absolute atomic E-state index is 11.2. The number of non-ortho nitro benzene ring substituents is 1. The molecule has 2 rings (SSSR count). The van der Waals surface area contributed by atoms with Crippen molar-refractivity contribution in [3.05, 3.63) is 51.9 Å². The van der Waals surface area contributed by atoms with E-state index in [9.17, 15) is 20.0 Å². The molecule has 9 nitrogen and oxygen atoms in total. The number of ether oxygens (including phenoxy) is 3. The van der Waals surface area contributed by atoms with Gasteiger partial charge in [0, 0.05) is 30.0 Å². The van der Waals surface area contributed by atoms with Crippen molar-refractivity contribution in [3.8, 4) is 5.75 Å². The van der Waals surface area contributed by atoms with Crippen LogP contribution in [0.5, 0.6) is 5.75 Å². The van der Waals surface area contributed by atoms with Gasteiger partial charge < -0.3 is 24.6 Å². The monoisotopic (exact) mass is 420 g/mol. The highest BCUT2D eigenvalue weighted by Gasteiger charge is 2.37. The molecule has 2 N–H and O–H groups in total. The van der Waals surface area contributed by atoms with Crippen LogP contribution in [-0.4, -0.2) is 48.0 Å². The zero-order chi connectivity index (χ0) is 21.9. The first-order chi connectivity index (χ1) is 14.5. The van der Waals surface area contributed by atoms with E-state index in [0.717, 1.165) is 12.8 Å². The van der Waals surface area contributed by atoms with Crippen molar-refractivity contribution in [2.75, 3.05) is 19.8 Å². The number of nitrogens with zero attached hydrogens (tertiary/aromatic N) is 1. The molecule has 0 bridgehead atoms. The van der Waals surface area contributed by atoms with Crippen LogP contribution in [0.4, 0.5) is 5.69 Å². The average Bonchev–Trinajstić information content (AvgIpc) is 2.74. The molecule has 1 aromatic carbocycles. The van der Waals surface area contributed by atoms with Crippen molar-refractivity contribution in [2.24, 2.45) is 0 Å². The van der Waals surface area contributed by atoms with E-state index in [1.165, 1.54) is 18.2 Å². The summed E-state index contributed by atoms with van der Waals surface area (Å²) < 4.78 is 16.8. The lowest BCUT2D eigenvalue weighted by Gasteiger charge is -2.37. The van der Waals surface area contributed by atoms with Crippen LogP contribution in [0.15, 0.2) is 36.2 Å². The lowest BCUT2D eigenvalue weighted by Crippen LogP contribution is -2.45. The third-order valence-corrected chi connectivity index (χ3v) is 4.66. The van der Waals surface area contributed by atoms with Gasteiger partial charge in [-0.2, -0.15) is 0 Å². The van der Waals surface area contributed by atoms with Gasteiger partial charge in [-0.1, -0.05) is 13.3 Å². The van der Waals surface area contributed by atoms with Gasteiger partial charge in [0.2, 0.25) is 0 Å². The number of fused-ring (bicyclic) bond motifs is 1. The number of nitrogens with one attached hydrogen (secondary N) is 1. The SMILES string of the molecule is CCCC[C@@H]1Oc2ccc([N+](=O)[O-])cc2C(N/C=C(\COCC=C=O)OCC)[C@H]1O. The van der Waals surface area contributed by atoms with Gasteiger partial charge in [-0.25, -0.2) is 4.79 Å². The predicted molar refractivity (Wildman–Crippen MR) is 110 cm³/mol. The summed E-state index contributed by atoms with van der Waals surface area (Å²) in [6.45, 7) is 4.49. The summed E-state index contributed by atoms with van der Waals surface area (Å²) in [6, 6.07) is 3.74. The molecule has 30 heavy (non-hydrogen) atoms. The van der Waals surface area contributed by atoms with E-state index in [0.29, 0.717) is 30.1 Å². The first-order valence-electron chi connectivity index (χ1n) is 9.99. The number of carbonyl (C=O) groups excluding carboxylic acids is 1. The van der Waals surface area contributed by atoms with E-state index in [1.54, 1.807) is 18.2 Å². The Morgan fingerprint density at radius 3 is 2.90 bits per heavy atom. The molecular weight excluding hydrogens is 392 g/mol. The van der Waals surface area contributed by atoms with Crippen LogP contribution in [-0.2, 0) is 14.3 Å². The number of unbranched alkanes of at least 4 members (excludes halogenated alkanes) is 1. The van der Waals surface area contributed by atoms with E-state index < -0.39 is 23.2 Å². The molecule has 0 fully saturated rings. The molecular formula is C21H28N2O7. The van der Waals surface area contributed by atoms with Crippen molar-refractivity contribution in [3.63, 3.8) is 0 Å². The molecule has 0 aromatic heterocycles. The molecule has 0 amide bonds. The highest BCUT2D eigenvalue weighted by molar-refractivity contribution is 5.47. The van der Waals surface area contributed by atoms with Gasteiger partial charge in [-0.05, 0) is 25.8 Å². The maximum atomic E-state index is 11.2. The fourth-order valence-corrected chi connectivity index (χ4v) is 3.20. The Morgan fingerprint density at radius 2 is 2.23 bits per heavy atom. The lowest BCUT2D eigenvalue weighted by molar-refractivity contribution is -0.385. The fourth-order valence-electron chi connectivity index (χ4n) is 3.20. The van der Waals surface area contributed by atoms with Gasteiger partial charge >= 0.3 is 0 Å². The minimum atomic E-state index is -0.913. The smallest absolute Gasteiger partial charge is 0.270 e. The minimum Gasteiger partial charge on any atom is -0.494 e. The number of hydrogen-bond acceptors (Lipinski definition) is 8. The molecule has 164 valence electrons. The molecule has 0 saturated carbocycles. The van der Waals surface area contributed by atoms with Crippen LogP contribution in [0.3, 0.4) is 0 Å². The number of rotatable bonds is 12. The minimum absolute atomic E-state index is 0.0821. The highest BCUT2D eigenvalue weighted by Crippen LogP contribution is 2.38. The fraction of sp³-hybridized carbons (Fsp3) is 0.524. The predicted octanol–water partition coefficient (Wildman–Crippen LogP) is 2.82. The summed E-state index contributed by atoms with van der Waals surface area (Å²) in [5.41, 5.74) is 0.419. The molecule has 0 aliphatic carbocycles. The standard InChI is InChI=1S/C21H28N2O7/c1-3-5-7-19-21(25)20(17-12-15(23(26)27)8-9-18(17)30-19)22-13-16(29-4-2)14-28-11-6-10-24/h6,8-9,12-13,19-22,25H,3-5,7,11,14H2,1-2H3/b16-13+/t19-,20?,21-/m0/s1. The Morgan fingerprint density at radius 1 is 1.43 bits per heavy atom. The first-order valence-corrected chi connectivity index (χ1v) is 9.99. The van der Waals surface area contributed by atoms with Gasteiger partial charge in [0.25, 0.3) is 5.69 Å². The Hall–Kier alpha value is -2.87. The summed E-state index contributed by atoms with van der Waals surface area (Å²) in [5.74, 6) is 2.60. The molecule has 9 heteroatoms. The van der Waals surface area contributed by atoms with Gasteiger partial charge in [-0.3, -0.25) is 10.1 Å². The van der Waals surface area contributed by atoms with Crippen LogP contribution >= 0.6 is 0 Å². The molecule has 1 aliphatic heterocycles. The first kappa shape index (κ1) is 23.4. The van der Waals surface area contributed by atoms with Crippen molar-refractivity contribution >= 4 is 11.6 Å². The van der Waals surface area contributed by atoms with Crippen molar-refractivity contribution in [1.29, 1.82) is 0 Å². The maximum Gasteiger partial charge on any atom is 0.270 e. The van der Waals surface area contributed by atoms with Crippen LogP contribution in [0.25, 0.3) is 0 Å². The Bertz CT molecular complexity index is 790. The van der Waals surface area contributed by atoms with E-state index in [-0.39, 0.29) is 18.9 Å². The molecule has 1 heterocycles. The van der Waals surface area contributed by atoms with Gasteiger partial charge in [0.05, 0.1) is 24.2 Å². The number of nitro benzene ring substituents is 1. The second kappa shape index (κ2) is 12.0. The summed E-state index contributed by atoms with van der Waals surface area (Å²) in [6.07, 6.45) is 3.95. The average molecular weight is 420 g/mol. The number of benzene rings is 1. The topological polar surface area (TPSA) is 120 Å². The number of hydrogen-bond donors (Lipinski definition) is 2. The van der Waals surface area contributed by atoms with E-state index >= 15 is 0 Å². The Balaban J connectivity index is 2.27. The largest absolute Gasteiger partial charge is 0.494 e. The van der Waals surface area contributed by atoms with E-state index in [2.05, 4.69) is 12.2 Å². The third-order valence-electron chi connectivity index (χ3n) is 4.66. The molecule has 1 unspecified atom stereocenters. The van der Waals surface area contributed by atoms with Crippen molar-refractivity contribution < 1.29 is 29.0 Å². The Kier molecular flexibility index (Phi) is 9.34. The van der Waals surface area contributed by atoms with E-state index in [1.807, 2.05) is 6.92 Å². The molecule has 1 aromatic rings. The number of nitro groups is 1. The van der Waals surface area contributed by atoms with E-state index in [4.69, 9.17) is 14.2 Å². The van der Waals surface area contributed by atoms with Crippen molar-refractivity contribution in [1.82, 2.24) is 5.32 Å². The third kappa shape index (κ3) is 6.32. The molecule has 3 atom stereocenters. The van der Waals surface area contributed by atoms with Gasteiger partial charge in [0.1, 0.15) is 36.3 Å². The normalized spacial score (nSPS) is 20.5. The van der Waals surface area contributed by atoms with Crippen LogP contribution < -0.4 is 10.1 Å². The van der Waals surface area contributed by atoms with Crippen LogP contribution in [0.1, 0.15) is 44.7 Å². The lowest BCUT2D eigenvalue weighted by atomic mass is 9.91. The quantitative estimate of drug-likeness (QED) is 0.174. The zero-order valence-corrected chi connectivity index (χ0v) is 17.2. The number of aliphatic hydroxyl groups is 1. The molecule has 0 spiro atoms. The van der Waals surface area contributed by atoms with Crippen LogP contribution in [0, 0.1) is 10.1 Å². The van der Waals surface area contributed by atoms with Crippen molar-refractivity contribution in [2.45, 2.75) is 51.4 Å². The summed E-state index contributed by atoms with van der Waals surface area (Å²) in [5, 5.41) is 25.2. The molecule has 0 radical (unpaired) electrons. The summed E-state index contributed by atoms with van der Waals surface area (Å²) in [7, 11) is 0. The van der Waals surface area contributed by atoms with Gasteiger partial charge in [-0.15, -0.1) is 0 Å². The molecule has 0 saturated heterocycles. The second-order valence-corrected chi connectivity index (χ2v) is 6.79. The summed E-state index contributed by atoms with van der Waals surface area (Å²) in [4.78, 5) is 21.0. The van der Waals surface area contributed by atoms with Crippen LogP contribution in [0.2, 0.25) is 0 Å². The zero-order valence-electron chi connectivity index (χ0n) is 17.2. The van der Waals surface area contributed by atoms with Gasteiger partial charge in [0.15, 0.2) is 0 Å². The molecule has 1 aliphatic rings. The summed E-state index contributed by atoms with van der Waals surface area (Å²) >= 11 is 0. The second-order valence-electron chi connectivity index (χ2n) is 6.79. The Labute approximate surface area is 175 Å². The number of aliphatic hydroxyl groups excluding tert-OH is 1.